The van der Waals surface area contributed by atoms with Crippen LogP contribution < -0.4 is 10.6 Å². The van der Waals surface area contributed by atoms with Crippen molar-refractivity contribution in [3.63, 3.8) is 0 Å². The van der Waals surface area contributed by atoms with Gasteiger partial charge in [0.2, 0.25) is 19.7 Å². The zero-order valence-electron chi connectivity index (χ0n) is 38.9. The molecule has 24 heteroatoms. The fourth-order valence-corrected chi connectivity index (χ4v) is 10.3. The van der Waals surface area contributed by atoms with Crippen LogP contribution in [0.2, 0.25) is 0 Å². The van der Waals surface area contributed by atoms with E-state index in [1.54, 1.807) is 71.9 Å². The fourth-order valence-electron chi connectivity index (χ4n) is 7.87. The zero-order valence-corrected chi connectivity index (χ0v) is 40.5. The first-order valence-electron chi connectivity index (χ1n) is 21.7. The summed E-state index contributed by atoms with van der Waals surface area (Å²) in [4.78, 5) is 57.5. The normalized spacial score (nSPS) is 18.9. The Bertz CT molecular complexity index is 2720. The number of amides is 4. The number of sulfone groups is 2. The summed E-state index contributed by atoms with van der Waals surface area (Å²) in [6.45, 7) is 13.7. The van der Waals surface area contributed by atoms with Crippen molar-refractivity contribution in [1.82, 2.24) is 60.8 Å². The lowest BCUT2D eigenvalue weighted by Crippen LogP contribution is -2.43. The standard InChI is InChI=1S/C44H54N12O10S2/c1-27-12-16-35(17-13-27)67(61,62)39-47-49-51-55(39)25-33-21-31(23-53(33)41(59)65-43(3,4)5)45-37(57)29-10-9-11-30(20-29)38(58)46-32-22-34(54(24-32)42(60)66-44(6,7)8)26-56-40(48-50-52-56)68(63,64)36-18-14-28(2)15-19-36/h9-20,31-34H,21-26H2,1-8H3,(H,45,57)(H,46,58)/t31-,32-,33-,34-/m0/s1. The molecule has 0 unspecified atom stereocenters. The molecule has 0 saturated carbocycles. The van der Waals surface area contributed by atoms with Crippen molar-refractivity contribution >= 4 is 43.7 Å². The second kappa shape index (κ2) is 19.1. The molecule has 2 fully saturated rings. The van der Waals surface area contributed by atoms with E-state index >= 15 is 0 Å². The molecule has 4 atom stereocenters. The maximum absolute atomic E-state index is 13.8. The molecule has 5 aromatic rings. The van der Waals surface area contributed by atoms with E-state index in [2.05, 4.69) is 41.7 Å². The Hall–Kier alpha value is -6.82. The van der Waals surface area contributed by atoms with Crippen LogP contribution in [0.4, 0.5) is 9.59 Å². The van der Waals surface area contributed by atoms with Gasteiger partial charge in [-0.15, -0.1) is 0 Å². The smallest absolute Gasteiger partial charge is 0.410 e. The van der Waals surface area contributed by atoms with Gasteiger partial charge in [0.15, 0.2) is 0 Å². The van der Waals surface area contributed by atoms with Gasteiger partial charge in [-0.05, 0) is 132 Å². The van der Waals surface area contributed by atoms with Crippen molar-refractivity contribution in [3.8, 4) is 0 Å². The highest BCUT2D eigenvalue weighted by Gasteiger charge is 2.42. The highest BCUT2D eigenvalue weighted by Crippen LogP contribution is 2.28. The number of ether oxygens (including phenoxy) is 2. The molecule has 2 aliphatic rings. The van der Waals surface area contributed by atoms with E-state index in [0.29, 0.717) is 0 Å². The average Bonchev–Trinajstić information content (AvgIpc) is 4.08. The molecular weight excluding hydrogens is 921 g/mol. The minimum absolute atomic E-state index is 0.00502. The van der Waals surface area contributed by atoms with Crippen LogP contribution in [0, 0.1) is 13.8 Å². The third-order valence-electron chi connectivity index (χ3n) is 11.1. The van der Waals surface area contributed by atoms with E-state index in [9.17, 15) is 36.0 Å². The van der Waals surface area contributed by atoms with Crippen LogP contribution in [0.1, 0.15) is 86.2 Å². The van der Waals surface area contributed by atoms with Gasteiger partial charge in [0.25, 0.3) is 22.1 Å². The fraction of sp³-hybridized carbons (Fsp3) is 0.455. The number of carbonyl (C=O) groups excluding carboxylic acids is 4. The molecular formula is C44H54N12O10S2. The summed E-state index contributed by atoms with van der Waals surface area (Å²) >= 11 is 0. The van der Waals surface area contributed by atoms with E-state index < -0.39 is 89.4 Å². The van der Waals surface area contributed by atoms with Crippen LogP contribution in [0.5, 0.6) is 0 Å². The predicted octanol–water partition coefficient (Wildman–Crippen LogP) is 3.56. The zero-order chi connectivity index (χ0) is 49.3. The molecule has 362 valence electrons. The van der Waals surface area contributed by atoms with Gasteiger partial charge in [0, 0.05) is 36.3 Å². The van der Waals surface area contributed by atoms with Gasteiger partial charge in [-0.3, -0.25) is 9.59 Å². The topological polar surface area (TPSA) is 273 Å². The maximum Gasteiger partial charge on any atom is 0.410 e. The third-order valence-corrected chi connectivity index (χ3v) is 14.4. The minimum atomic E-state index is -4.14. The lowest BCUT2D eigenvalue weighted by atomic mass is 10.1. The average molecular weight is 975 g/mol. The molecule has 0 radical (unpaired) electrons. The first kappa shape index (κ1) is 49.1. The molecule has 2 aromatic heterocycles. The Labute approximate surface area is 393 Å². The van der Waals surface area contributed by atoms with Crippen LogP contribution in [0.25, 0.3) is 0 Å². The Morgan fingerprint density at radius 3 is 1.32 bits per heavy atom. The lowest BCUT2D eigenvalue weighted by molar-refractivity contribution is 0.0195. The summed E-state index contributed by atoms with van der Waals surface area (Å²) < 4.78 is 68.0. The Kier molecular flexibility index (Phi) is 13.8. The Balaban J connectivity index is 1.04. The summed E-state index contributed by atoms with van der Waals surface area (Å²) in [6.07, 6.45) is -1.01. The molecule has 0 aliphatic carbocycles. The SMILES string of the molecule is Cc1ccc(S(=O)(=O)c2nnnn2C[C@@H]2C[C@H](NC(=O)c3cccc(C(=O)N[C@H]4C[C@@H](Cn5nnnc5S(=O)(=O)c5ccc(C)cc5)N(C(=O)OC(C)(C)C)C4)c3)CN2C(=O)OC(C)(C)C)cc1. The van der Waals surface area contributed by atoms with E-state index in [4.69, 9.17) is 9.47 Å². The minimum Gasteiger partial charge on any atom is -0.444 e. The van der Waals surface area contributed by atoms with Gasteiger partial charge in [0.05, 0.1) is 35.0 Å². The molecule has 0 bridgehead atoms. The summed E-state index contributed by atoms with van der Waals surface area (Å²) in [7, 11) is -8.29. The van der Waals surface area contributed by atoms with Crippen LogP contribution in [-0.4, -0.2) is 140 Å². The summed E-state index contributed by atoms with van der Waals surface area (Å²) in [6, 6.07) is 15.8. The lowest BCUT2D eigenvalue weighted by Gasteiger charge is -2.28. The first-order chi connectivity index (χ1) is 31.9. The van der Waals surface area contributed by atoms with Gasteiger partial charge in [-0.1, -0.05) is 51.7 Å². The summed E-state index contributed by atoms with van der Waals surface area (Å²) in [5.74, 6) is -1.09. The van der Waals surface area contributed by atoms with Crippen molar-refractivity contribution in [2.24, 2.45) is 0 Å². The van der Waals surface area contributed by atoms with E-state index in [-0.39, 0.29) is 59.9 Å². The Morgan fingerprint density at radius 1 is 0.603 bits per heavy atom. The molecule has 7 rings (SSSR count). The number of aryl methyl sites for hydroxylation is 2. The summed E-state index contributed by atoms with van der Waals surface area (Å²) in [5, 5.41) is 27.8. The first-order valence-corrected chi connectivity index (χ1v) is 24.7. The number of rotatable bonds is 12. The number of carbonyl (C=O) groups is 4. The second-order valence-electron chi connectivity index (χ2n) is 18.9. The number of nitrogens with one attached hydrogen (secondary N) is 2. The number of likely N-dealkylation sites (tertiary alicyclic amines) is 2. The van der Waals surface area contributed by atoms with E-state index in [1.807, 2.05) is 13.8 Å². The molecule has 68 heavy (non-hydrogen) atoms. The largest absolute Gasteiger partial charge is 0.444 e. The van der Waals surface area contributed by atoms with Crippen LogP contribution in [-0.2, 0) is 42.2 Å². The monoisotopic (exact) mass is 974 g/mol. The molecule has 22 nitrogen and oxygen atoms in total. The quantitative estimate of drug-likeness (QED) is 0.181. The van der Waals surface area contributed by atoms with Gasteiger partial charge in [-0.2, -0.15) is 0 Å². The van der Waals surface area contributed by atoms with Crippen molar-refractivity contribution in [2.75, 3.05) is 13.1 Å². The maximum atomic E-state index is 13.8. The third kappa shape index (κ3) is 11.3. The van der Waals surface area contributed by atoms with Crippen LogP contribution in [0.3, 0.4) is 0 Å². The molecule has 2 aliphatic heterocycles. The molecule has 2 N–H and O–H groups in total. The number of tetrazole rings is 2. The number of benzene rings is 3. The van der Waals surface area contributed by atoms with Gasteiger partial charge in [-0.25, -0.2) is 35.8 Å². The van der Waals surface area contributed by atoms with Crippen LogP contribution in [0.15, 0.2) is 92.9 Å². The van der Waals surface area contributed by atoms with Gasteiger partial charge >= 0.3 is 12.2 Å². The molecule has 3 aromatic carbocycles. The predicted molar refractivity (Wildman–Crippen MR) is 241 cm³/mol. The van der Waals surface area contributed by atoms with Gasteiger partial charge in [0.1, 0.15) is 11.2 Å². The number of hydrogen-bond acceptors (Lipinski definition) is 16. The van der Waals surface area contributed by atoms with Gasteiger partial charge < -0.3 is 29.9 Å². The van der Waals surface area contributed by atoms with Crippen LogP contribution >= 0.6 is 0 Å². The molecule has 4 heterocycles. The van der Waals surface area contributed by atoms with E-state index in [0.717, 1.165) is 20.5 Å². The van der Waals surface area contributed by atoms with Crippen molar-refractivity contribution in [1.29, 1.82) is 0 Å². The number of hydrogen-bond donors (Lipinski definition) is 2. The molecule has 4 amide bonds. The number of nitrogens with zero attached hydrogens (tertiary/aromatic N) is 10. The van der Waals surface area contributed by atoms with Crippen molar-refractivity contribution in [2.45, 2.75) is 137 Å². The summed E-state index contributed by atoms with van der Waals surface area (Å²) in [5.41, 5.74) is 0.270. The van der Waals surface area contributed by atoms with Crippen molar-refractivity contribution < 1.29 is 45.5 Å². The number of aromatic nitrogens is 8. The molecule has 0 spiro atoms. The highest BCUT2D eigenvalue weighted by molar-refractivity contribution is 7.91. The van der Waals surface area contributed by atoms with E-state index in [1.165, 1.54) is 52.3 Å². The van der Waals surface area contributed by atoms with Crippen molar-refractivity contribution in [3.05, 3.63) is 95.1 Å². The Morgan fingerprint density at radius 2 is 0.971 bits per heavy atom. The highest BCUT2D eigenvalue weighted by atomic mass is 32.2. The molecule has 2 saturated heterocycles. The second-order valence-corrected chi connectivity index (χ2v) is 22.6.